The molecule has 154 valence electrons. The average molecular weight is 521 g/mol. The minimum absolute atomic E-state index is 0. The van der Waals surface area contributed by atoms with Gasteiger partial charge in [0, 0.05) is 36.3 Å². The summed E-state index contributed by atoms with van der Waals surface area (Å²) >= 11 is 5.96. The molecule has 2 N–H and O–H groups in total. The third-order valence-corrected chi connectivity index (χ3v) is 4.25. The molecular weight excluding hydrogens is 496 g/mol. The first-order valence-electron chi connectivity index (χ1n) is 8.47. The number of methoxy groups -OCH3 is 1. The Morgan fingerprint density at radius 2 is 2.15 bits per heavy atom. The maximum atomic E-state index is 12.5. The van der Waals surface area contributed by atoms with Crippen molar-refractivity contribution in [3.63, 3.8) is 0 Å². The minimum Gasteiger partial charge on any atom is -0.496 e. The molecule has 0 spiro atoms. The fourth-order valence-electron chi connectivity index (χ4n) is 2.87. The monoisotopic (exact) mass is 520 g/mol. The topological polar surface area (TPSA) is 48.9 Å². The van der Waals surface area contributed by atoms with Crippen LogP contribution < -0.4 is 15.4 Å². The number of hydrogen-bond acceptors (Lipinski definition) is 3. The van der Waals surface area contributed by atoms with Crippen LogP contribution in [0.25, 0.3) is 0 Å². The van der Waals surface area contributed by atoms with Gasteiger partial charge in [0.15, 0.2) is 5.96 Å². The van der Waals surface area contributed by atoms with Gasteiger partial charge in [-0.3, -0.25) is 4.90 Å². The lowest BCUT2D eigenvalue weighted by molar-refractivity contribution is -0.143. The molecule has 0 aliphatic carbocycles. The predicted octanol–water partition coefficient (Wildman–Crippen LogP) is 3.66. The van der Waals surface area contributed by atoms with Crippen molar-refractivity contribution >= 4 is 41.5 Å². The molecule has 0 saturated carbocycles. The highest BCUT2D eigenvalue weighted by molar-refractivity contribution is 14.0. The fraction of sp³-hybridized carbons (Fsp3) is 0.588. The molecule has 0 amide bonds. The second-order valence-corrected chi connectivity index (χ2v) is 6.57. The average Bonchev–Trinajstić information content (AvgIpc) is 2.98. The zero-order chi connectivity index (χ0) is 19.2. The highest BCUT2D eigenvalue weighted by Gasteiger charge is 2.34. The molecule has 0 radical (unpaired) electrons. The van der Waals surface area contributed by atoms with Crippen molar-refractivity contribution in [2.75, 3.05) is 33.3 Å². The molecule has 1 saturated heterocycles. The quantitative estimate of drug-likeness (QED) is 0.342. The molecule has 1 atom stereocenters. The number of hydrogen-bond donors (Lipinski definition) is 2. The second-order valence-electron chi connectivity index (χ2n) is 6.13. The van der Waals surface area contributed by atoms with Gasteiger partial charge in [-0.2, -0.15) is 13.2 Å². The number of ether oxygens (including phenoxy) is 1. The standard InChI is InChI=1S/C17H24ClF3N4O.HI/c1-3-22-16(23-9-12-4-5-13(18)8-15(12)26-2)24-14-6-7-25(10-14)11-17(19,20)21;/h4-5,8,14H,3,6-7,9-11H2,1-2H3,(H2,22,23,24);1H. The van der Waals surface area contributed by atoms with Gasteiger partial charge in [0.25, 0.3) is 0 Å². The molecule has 0 bridgehead atoms. The van der Waals surface area contributed by atoms with E-state index in [-0.39, 0.29) is 30.0 Å². The van der Waals surface area contributed by atoms with E-state index in [2.05, 4.69) is 15.6 Å². The lowest BCUT2D eigenvalue weighted by Crippen LogP contribution is -2.45. The van der Waals surface area contributed by atoms with Gasteiger partial charge in [0.1, 0.15) is 5.75 Å². The van der Waals surface area contributed by atoms with Crippen LogP contribution in [0.3, 0.4) is 0 Å². The highest BCUT2D eigenvalue weighted by atomic mass is 127. The lowest BCUT2D eigenvalue weighted by atomic mass is 10.2. The van der Waals surface area contributed by atoms with Gasteiger partial charge < -0.3 is 15.4 Å². The Morgan fingerprint density at radius 3 is 2.78 bits per heavy atom. The third-order valence-electron chi connectivity index (χ3n) is 4.02. The predicted molar refractivity (Wildman–Crippen MR) is 112 cm³/mol. The van der Waals surface area contributed by atoms with Crippen molar-refractivity contribution in [3.05, 3.63) is 28.8 Å². The molecule has 1 aromatic rings. The number of halogens is 5. The molecule has 1 fully saturated rings. The molecule has 0 aromatic heterocycles. The Hall–Kier alpha value is -0.940. The van der Waals surface area contributed by atoms with E-state index >= 15 is 0 Å². The molecule has 1 heterocycles. The van der Waals surface area contributed by atoms with E-state index in [1.165, 1.54) is 4.90 Å². The van der Waals surface area contributed by atoms with Crippen LogP contribution in [-0.2, 0) is 6.54 Å². The number of guanidine groups is 1. The Labute approximate surface area is 179 Å². The Bertz CT molecular complexity index is 631. The maximum absolute atomic E-state index is 12.5. The van der Waals surface area contributed by atoms with Crippen LogP contribution in [0.4, 0.5) is 13.2 Å². The van der Waals surface area contributed by atoms with Crippen molar-refractivity contribution in [1.29, 1.82) is 0 Å². The normalized spacial score (nSPS) is 18.1. The van der Waals surface area contributed by atoms with Crippen LogP contribution in [0, 0.1) is 0 Å². The first-order valence-corrected chi connectivity index (χ1v) is 8.85. The van der Waals surface area contributed by atoms with Crippen molar-refractivity contribution in [1.82, 2.24) is 15.5 Å². The Balaban J connectivity index is 0.00000364. The number of benzene rings is 1. The van der Waals surface area contributed by atoms with Crippen molar-refractivity contribution in [2.24, 2.45) is 4.99 Å². The van der Waals surface area contributed by atoms with Crippen molar-refractivity contribution < 1.29 is 17.9 Å². The van der Waals surface area contributed by atoms with Crippen LogP contribution in [0.2, 0.25) is 5.02 Å². The van der Waals surface area contributed by atoms with Crippen LogP contribution >= 0.6 is 35.6 Å². The summed E-state index contributed by atoms with van der Waals surface area (Å²) in [7, 11) is 1.57. The summed E-state index contributed by atoms with van der Waals surface area (Å²) in [5, 5.41) is 6.92. The fourth-order valence-corrected chi connectivity index (χ4v) is 3.04. The first-order chi connectivity index (χ1) is 12.3. The number of rotatable bonds is 6. The van der Waals surface area contributed by atoms with Crippen LogP contribution in [-0.4, -0.2) is 56.4 Å². The van der Waals surface area contributed by atoms with Gasteiger partial charge in [-0.15, -0.1) is 24.0 Å². The summed E-state index contributed by atoms with van der Waals surface area (Å²) in [6, 6.07) is 5.26. The van der Waals surface area contributed by atoms with Gasteiger partial charge in [-0.05, 0) is 25.5 Å². The van der Waals surface area contributed by atoms with E-state index in [4.69, 9.17) is 16.3 Å². The Kier molecular flexibility index (Phi) is 9.96. The van der Waals surface area contributed by atoms with Crippen molar-refractivity contribution in [2.45, 2.75) is 32.1 Å². The summed E-state index contributed by atoms with van der Waals surface area (Å²) in [6.07, 6.45) is -3.52. The van der Waals surface area contributed by atoms with E-state index in [0.29, 0.717) is 49.3 Å². The van der Waals surface area contributed by atoms with E-state index < -0.39 is 12.7 Å². The Morgan fingerprint density at radius 1 is 1.41 bits per heavy atom. The zero-order valence-corrected chi connectivity index (χ0v) is 18.4. The van der Waals surface area contributed by atoms with Gasteiger partial charge >= 0.3 is 6.18 Å². The molecule has 1 aliphatic heterocycles. The molecule has 27 heavy (non-hydrogen) atoms. The molecule has 2 rings (SSSR count). The number of alkyl halides is 3. The summed E-state index contributed by atoms with van der Waals surface area (Å²) < 4.78 is 42.8. The summed E-state index contributed by atoms with van der Waals surface area (Å²) in [5.41, 5.74) is 0.874. The van der Waals surface area contributed by atoms with Crippen LogP contribution in [0.5, 0.6) is 5.75 Å². The second kappa shape index (κ2) is 11.2. The summed E-state index contributed by atoms with van der Waals surface area (Å²) in [6.45, 7) is 2.85. The van der Waals surface area contributed by atoms with Crippen LogP contribution in [0.1, 0.15) is 18.9 Å². The molecule has 1 aliphatic rings. The van der Waals surface area contributed by atoms with E-state index in [1.54, 1.807) is 19.2 Å². The van der Waals surface area contributed by atoms with Crippen LogP contribution in [0.15, 0.2) is 23.2 Å². The number of nitrogens with one attached hydrogen (secondary N) is 2. The number of nitrogens with zero attached hydrogens (tertiary/aromatic N) is 2. The summed E-state index contributed by atoms with van der Waals surface area (Å²) in [4.78, 5) is 5.92. The molecule has 1 unspecified atom stereocenters. The molecule has 1 aromatic carbocycles. The third kappa shape index (κ3) is 8.30. The first kappa shape index (κ1) is 24.1. The minimum atomic E-state index is -4.17. The van der Waals surface area contributed by atoms with Gasteiger partial charge in [0.2, 0.25) is 0 Å². The largest absolute Gasteiger partial charge is 0.496 e. The lowest BCUT2D eigenvalue weighted by Gasteiger charge is -2.20. The highest BCUT2D eigenvalue weighted by Crippen LogP contribution is 2.24. The molecule has 5 nitrogen and oxygen atoms in total. The zero-order valence-electron chi connectivity index (χ0n) is 15.3. The SMILES string of the molecule is CCNC(=NCc1ccc(Cl)cc1OC)NC1CCN(CC(F)(F)F)C1.I. The van der Waals surface area contributed by atoms with E-state index in [9.17, 15) is 13.2 Å². The number of likely N-dealkylation sites (tertiary alicyclic amines) is 1. The van der Waals surface area contributed by atoms with E-state index in [1.807, 2.05) is 13.0 Å². The summed E-state index contributed by atoms with van der Waals surface area (Å²) in [5.74, 6) is 1.22. The smallest absolute Gasteiger partial charge is 0.401 e. The van der Waals surface area contributed by atoms with Crippen molar-refractivity contribution in [3.8, 4) is 5.75 Å². The number of aliphatic imine (C=N–C) groups is 1. The van der Waals surface area contributed by atoms with Gasteiger partial charge in [0.05, 0.1) is 20.2 Å². The van der Waals surface area contributed by atoms with Gasteiger partial charge in [-0.1, -0.05) is 17.7 Å². The molecule has 10 heteroatoms. The maximum Gasteiger partial charge on any atom is 0.401 e. The molecular formula is C17H25ClF3IN4O. The van der Waals surface area contributed by atoms with Gasteiger partial charge in [-0.25, -0.2) is 4.99 Å². The van der Waals surface area contributed by atoms with E-state index in [0.717, 1.165) is 5.56 Å².